The minimum atomic E-state index is 0.0704. The van der Waals surface area contributed by atoms with Crippen LogP contribution in [0.1, 0.15) is 25.7 Å². The van der Waals surface area contributed by atoms with Crippen LogP contribution in [0, 0.1) is 5.92 Å². The van der Waals surface area contributed by atoms with E-state index in [1.54, 1.807) is 6.20 Å². The van der Waals surface area contributed by atoms with Gasteiger partial charge in [0.05, 0.1) is 11.4 Å². The summed E-state index contributed by atoms with van der Waals surface area (Å²) in [4.78, 5) is 34.4. The summed E-state index contributed by atoms with van der Waals surface area (Å²) in [6.07, 6.45) is 9.98. The zero-order valence-corrected chi connectivity index (χ0v) is 17.4. The van der Waals surface area contributed by atoms with Gasteiger partial charge in [0.25, 0.3) is 0 Å². The minimum absolute atomic E-state index is 0.0704. The summed E-state index contributed by atoms with van der Waals surface area (Å²) < 4.78 is 1.98. The van der Waals surface area contributed by atoms with E-state index in [0.29, 0.717) is 11.6 Å². The normalized spacial score (nSPS) is 19.5. The molecule has 8 heteroatoms. The quantitative estimate of drug-likeness (QED) is 0.556. The van der Waals surface area contributed by atoms with Gasteiger partial charge in [-0.2, -0.15) is 0 Å². The van der Waals surface area contributed by atoms with Gasteiger partial charge in [0.1, 0.15) is 17.3 Å². The van der Waals surface area contributed by atoms with Crippen molar-refractivity contribution in [1.82, 2.24) is 29.2 Å². The fraction of sp³-hybridized carbons (Fsp3) is 0.391. The average molecular weight is 416 g/mol. The lowest BCUT2D eigenvalue weighted by Crippen LogP contribution is -2.44. The zero-order valence-electron chi connectivity index (χ0n) is 17.4. The van der Waals surface area contributed by atoms with E-state index >= 15 is 0 Å². The van der Waals surface area contributed by atoms with Crippen LogP contribution in [0.3, 0.4) is 0 Å². The number of fused-ring (bicyclic) bond motifs is 2. The Balaban J connectivity index is 1.25. The first-order valence-corrected chi connectivity index (χ1v) is 11.1. The lowest BCUT2D eigenvalue weighted by atomic mass is 9.96. The molecule has 158 valence electrons. The van der Waals surface area contributed by atoms with E-state index in [1.807, 2.05) is 46.0 Å². The number of rotatable bonds is 3. The van der Waals surface area contributed by atoms with E-state index < -0.39 is 0 Å². The number of hydrogen-bond donors (Lipinski definition) is 1. The minimum Gasteiger partial charge on any atom is -0.356 e. The molecule has 4 aromatic heterocycles. The average Bonchev–Trinajstić information content (AvgIpc) is 3.58. The van der Waals surface area contributed by atoms with Crippen molar-refractivity contribution in [3.63, 3.8) is 0 Å². The molecule has 1 N–H and O–H groups in total. The van der Waals surface area contributed by atoms with Crippen LogP contribution >= 0.6 is 0 Å². The molecule has 0 aliphatic carbocycles. The SMILES string of the molecule is O=C(C1CCCN(c2ccc3[nH]c(-c4ccc5nccn5c4)nc3n2)C1)N1CCCC1. The van der Waals surface area contributed by atoms with Crippen LogP contribution in [0.15, 0.2) is 42.9 Å². The molecular formula is C23H25N7O. The van der Waals surface area contributed by atoms with Crippen LogP contribution in [0.25, 0.3) is 28.2 Å². The number of nitrogens with zero attached hydrogens (tertiary/aromatic N) is 6. The number of pyridine rings is 2. The summed E-state index contributed by atoms with van der Waals surface area (Å²) in [6.45, 7) is 3.50. The highest BCUT2D eigenvalue weighted by Gasteiger charge is 2.31. The van der Waals surface area contributed by atoms with Crippen LogP contribution in [-0.4, -0.2) is 61.3 Å². The zero-order chi connectivity index (χ0) is 20.8. The van der Waals surface area contributed by atoms with Crippen molar-refractivity contribution in [2.24, 2.45) is 5.92 Å². The molecular weight excluding hydrogens is 390 g/mol. The summed E-state index contributed by atoms with van der Waals surface area (Å²) in [5, 5.41) is 0. The highest BCUT2D eigenvalue weighted by molar-refractivity contribution is 5.81. The number of likely N-dealkylation sites (tertiary alicyclic amines) is 1. The molecule has 2 fully saturated rings. The van der Waals surface area contributed by atoms with Crippen molar-refractivity contribution in [1.29, 1.82) is 0 Å². The number of carbonyl (C=O) groups excluding carboxylic acids is 1. The Labute approximate surface area is 179 Å². The lowest BCUT2D eigenvalue weighted by Gasteiger charge is -2.34. The molecule has 31 heavy (non-hydrogen) atoms. The van der Waals surface area contributed by atoms with Crippen molar-refractivity contribution in [3.05, 3.63) is 42.9 Å². The number of aromatic amines is 1. The fourth-order valence-electron chi connectivity index (χ4n) is 4.84. The number of hydrogen-bond acceptors (Lipinski definition) is 5. The van der Waals surface area contributed by atoms with Crippen LogP contribution in [0.5, 0.6) is 0 Å². The van der Waals surface area contributed by atoms with E-state index in [0.717, 1.165) is 80.2 Å². The number of piperidine rings is 1. The van der Waals surface area contributed by atoms with Gasteiger partial charge < -0.3 is 19.2 Å². The van der Waals surface area contributed by atoms with E-state index in [2.05, 4.69) is 14.9 Å². The number of aromatic nitrogens is 5. The molecule has 2 aliphatic rings. The summed E-state index contributed by atoms with van der Waals surface area (Å²) in [5.74, 6) is 2.08. The Morgan fingerprint density at radius 2 is 1.94 bits per heavy atom. The van der Waals surface area contributed by atoms with Gasteiger partial charge in [-0.15, -0.1) is 0 Å². The number of nitrogens with one attached hydrogen (secondary N) is 1. The standard InChI is InChI=1S/C23H25N7O/c31-23(28-10-1-2-11-28)17-4-3-12-29(15-17)20-8-6-18-22(26-20)27-21(25-18)16-5-7-19-24-9-13-30(19)14-16/h5-9,13-14,17H,1-4,10-12,15H2,(H,25,26,27). The lowest BCUT2D eigenvalue weighted by molar-refractivity contribution is -0.134. The number of imidazole rings is 2. The second kappa shape index (κ2) is 7.37. The van der Waals surface area contributed by atoms with Crippen molar-refractivity contribution in [3.8, 4) is 11.4 Å². The first-order valence-electron chi connectivity index (χ1n) is 11.1. The maximum atomic E-state index is 12.9. The Morgan fingerprint density at radius 3 is 2.84 bits per heavy atom. The maximum Gasteiger partial charge on any atom is 0.227 e. The molecule has 0 spiro atoms. The Hall–Kier alpha value is -3.42. The third-order valence-electron chi connectivity index (χ3n) is 6.51. The molecule has 6 heterocycles. The number of anilines is 1. The van der Waals surface area contributed by atoms with Gasteiger partial charge in [-0.3, -0.25) is 4.79 Å². The molecule has 0 bridgehead atoms. The van der Waals surface area contributed by atoms with Gasteiger partial charge in [0, 0.05) is 50.3 Å². The highest BCUT2D eigenvalue weighted by atomic mass is 16.2. The monoisotopic (exact) mass is 415 g/mol. The predicted molar refractivity (Wildman–Crippen MR) is 119 cm³/mol. The fourth-order valence-corrected chi connectivity index (χ4v) is 4.84. The van der Waals surface area contributed by atoms with Crippen LogP contribution in [0.4, 0.5) is 5.82 Å². The molecule has 6 rings (SSSR count). The van der Waals surface area contributed by atoms with Gasteiger partial charge in [0.15, 0.2) is 5.65 Å². The molecule has 4 aromatic rings. The van der Waals surface area contributed by atoms with Crippen LogP contribution < -0.4 is 4.90 Å². The Bertz CT molecular complexity index is 1250. The molecule has 2 saturated heterocycles. The van der Waals surface area contributed by atoms with Gasteiger partial charge >= 0.3 is 0 Å². The van der Waals surface area contributed by atoms with Crippen LogP contribution in [0.2, 0.25) is 0 Å². The van der Waals surface area contributed by atoms with E-state index in [-0.39, 0.29) is 5.92 Å². The topological polar surface area (TPSA) is 82.4 Å². The van der Waals surface area contributed by atoms with E-state index in [9.17, 15) is 4.79 Å². The third-order valence-corrected chi connectivity index (χ3v) is 6.51. The predicted octanol–water partition coefficient (Wildman–Crippen LogP) is 3.11. The first-order chi connectivity index (χ1) is 15.2. The Kier molecular flexibility index (Phi) is 4.36. The second-order valence-electron chi connectivity index (χ2n) is 8.55. The summed E-state index contributed by atoms with van der Waals surface area (Å²) in [6, 6.07) is 8.06. The third kappa shape index (κ3) is 3.32. The largest absolute Gasteiger partial charge is 0.356 e. The molecule has 0 radical (unpaired) electrons. The molecule has 1 amide bonds. The number of amides is 1. The Morgan fingerprint density at radius 1 is 1.03 bits per heavy atom. The van der Waals surface area contributed by atoms with Gasteiger partial charge in [-0.1, -0.05) is 0 Å². The van der Waals surface area contributed by atoms with Gasteiger partial charge in [0.2, 0.25) is 5.91 Å². The highest BCUT2D eigenvalue weighted by Crippen LogP contribution is 2.27. The van der Waals surface area contributed by atoms with E-state index in [1.165, 1.54) is 0 Å². The summed E-state index contributed by atoms with van der Waals surface area (Å²) in [7, 11) is 0. The summed E-state index contributed by atoms with van der Waals surface area (Å²) in [5.41, 5.74) is 3.50. The maximum absolute atomic E-state index is 12.9. The van der Waals surface area contributed by atoms with Crippen molar-refractivity contribution >= 4 is 28.5 Å². The summed E-state index contributed by atoms with van der Waals surface area (Å²) >= 11 is 0. The molecule has 8 nitrogen and oxygen atoms in total. The van der Waals surface area contributed by atoms with Crippen molar-refractivity contribution in [2.45, 2.75) is 25.7 Å². The van der Waals surface area contributed by atoms with Crippen molar-refractivity contribution < 1.29 is 4.79 Å². The molecule has 0 aromatic carbocycles. The van der Waals surface area contributed by atoms with Gasteiger partial charge in [-0.05, 0) is 49.9 Å². The molecule has 1 unspecified atom stereocenters. The molecule has 2 aliphatic heterocycles. The van der Waals surface area contributed by atoms with Crippen molar-refractivity contribution in [2.75, 3.05) is 31.1 Å². The van der Waals surface area contributed by atoms with Crippen LogP contribution in [-0.2, 0) is 4.79 Å². The van der Waals surface area contributed by atoms with E-state index in [4.69, 9.17) is 9.97 Å². The number of carbonyl (C=O) groups is 1. The second-order valence-corrected chi connectivity index (χ2v) is 8.55. The number of H-pyrrole nitrogens is 1. The van der Waals surface area contributed by atoms with Gasteiger partial charge in [-0.25, -0.2) is 15.0 Å². The first kappa shape index (κ1) is 18.4. The smallest absolute Gasteiger partial charge is 0.227 e. The molecule has 1 atom stereocenters. The molecule has 0 saturated carbocycles.